The van der Waals surface area contributed by atoms with Gasteiger partial charge in [-0.25, -0.2) is 0 Å². The van der Waals surface area contributed by atoms with Crippen molar-refractivity contribution in [3.63, 3.8) is 0 Å². The van der Waals surface area contributed by atoms with Crippen LogP contribution in [0.4, 0.5) is 0 Å². The van der Waals surface area contributed by atoms with Crippen molar-refractivity contribution in [1.82, 2.24) is 0 Å². The van der Waals surface area contributed by atoms with E-state index in [0.29, 0.717) is 0 Å². The van der Waals surface area contributed by atoms with Crippen LogP contribution in [0, 0.1) is 10.4 Å². The molecule has 0 fully saturated rings. The maximum Gasteiger partial charge on any atom is 2.00 e. The van der Waals surface area contributed by atoms with Gasteiger partial charge in [-0.05, 0) is 37.0 Å². The molecule has 0 aliphatic carbocycles. The summed E-state index contributed by atoms with van der Waals surface area (Å²) in [5, 5.41) is 21.3. The van der Waals surface area contributed by atoms with E-state index in [1.807, 2.05) is 30.3 Å². The van der Waals surface area contributed by atoms with Gasteiger partial charge in [0.2, 0.25) is 0 Å². The van der Waals surface area contributed by atoms with Crippen molar-refractivity contribution in [1.29, 1.82) is 0 Å². The van der Waals surface area contributed by atoms with E-state index in [1.165, 1.54) is 0 Å². The Morgan fingerprint density at radius 1 is 1.30 bits per heavy atom. The third-order valence-electron chi connectivity index (χ3n) is 2.77. The van der Waals surface area contributed by atoms with Gasteiger partial charge in [-0.15, -0.1) is 6.58 Å². The first-order valence-corrected chi connectivity index (χ1v) is 5.90. The number of hydrogen-bond acceptors (Lipinski definition) is 3. The Bertz CT molecular complexity index is 405. The summed E-state index contributed by atoms with van der Waals surface area (Å²) < 4.78 is 5.07. The number of rotatable bonds is 7. The molecule has 6 heteroatoms. The second-order valence-electron chi connectivity index (χ2n) is 4.03. The molecule has 1 atom stereocenters. The molecule has 0 bridgehead atoms. The van der Waals surface area contributed by atoms with Crippen LogP contribution in [0.5, 0.6) is 5.75 Å². The van der Waals surface area contributed by atoms with E-state index < -0.39 is 0 Å². The monoisotopic (exact) mass is 351 g/mol. The number of ether oxygens (including phenoxy) is 1. The minimum absolute atomic E-state index is 0. The molecule has 1 rings (SSSR count). The molecule has 0 radical (unpaired) electrons. The van der Waals surface area contributed by atoms with E-state index in [2.05, 4.69) is 6.58 Å². The van der Waals surface area contributed by atoms with Gasteiger partial charge in [0.25, 0.3) is 0 Å². The number of benzene rings is 1. The summed E-state index contributed by atoms with van der Waals surface area (Å²) in [6, 6.07) is 7.39. The Morgan fingerprint density at radius 2 is 1.90 bits per heavy atom. The van der Waals surface area contributed by atoms with Crippen LogP contribution in [0.2, 0.25) is 0 Å². The summed E-state index contributed by atoms with van der Waals surface area (Å²) in [6.45, 7) is 3.65. The van der Waals surface area contributed by atoms with Gasteiger partial charge in [0.05, 0.1) is 13.0 Å². The van der Waals surface area contributed by atoms with Crippen molar-refractivity contribution in [2.45, 2.75) is 25.2 Å². The summed E-state index contributed by atoms with van der Waals surface area (Å²) >= 11 is 0. The van der Waals surface area contributed by atoms with E-state index >= 15 is 0 Å². The van der Waals surface area contributed by atoms with E-state index in [4.69, 9.17) is 4.74 Å². The van der Waals surface area contributed by atoms with Crippen LogP contribution >= 0.6 is 0 Å². The van der Waals surface area contributed by atoms with Crippen molar-refractivity contribution >= 4 is 29.3 Å². The predicted octanol–water partition coefficient (Wildman–Crippen LogP) is -0.163. The van der Waals surface area contributed by atoms with Crippen molar-refractivity contribution in [2.75, 3.05) is 7.11 Å². The van der Waals surface area contributed by atoms with Gasteiger partial charge in [0, 0.05) is 0 Å². The molecule has 1 aromatic carbocycles. The Hall–Kier alpha value is -0.724. The molecule has 0 heterocycles. The third-order valence-corrected chi connectivity index (χ3v) is 2.77. The van der Waals surface area contributed by atoms with Gasteiger partial charge in [-0.1, -0.05) is 18.2 Å². The van der Waals surface area contributed by atoms with Crippen LogP contribution in [0.25, 0.3) is 0 Å². The fourth-order valence-electron chi connectivity index (χ4n) is 1.81. The van der Waals surface area contributed by atoms with Gasteiger partial charge in [-0.3, -0.25) is 0 Å². The molecule has 0 amide bonds. The van der Waals surface area contributed by atoms with Crippen LogP contribution in [0.1, 0.15) is 30.7 Å². The number of hydrogen-bond donors (Lipinski definition) is 0. The SMILES string of the molecule is C=CCCCC(C=[N+]([O-])[O-])c1ccc(OC)cc1.[Br-].[Mg+2]. The van der Waals surface area contributed by atoms with Crippen LogP contribution in [-0.2, 0) is 0 Å². The first kappa shape index (κ1) is 21.6. The molecule has 0 aromatic heterocycles. The first-order chi connectivity index (χ1) is 8.67. The zero-order chi connectivity index (χ0) is 13.4. The maximum absolute atomic E-state index is 10.6. The number of nitrogens with zero attached hydrogens (tertiary/aromatic N) is 1. The van der Waals surface area contributed by atoms with Crippen LogP contribution < -0.4 is 21.7 Å². The Kier molecular flexibility index (Phi) is 13.0. The molecule has 0 aliphatic heterocycles. The summed E-state index contributed by atoms with van der Waals surface area (Å²) in [5.41, 5.74) is 0.941. The maximum atomic E-state index is 10.6. The van der Waals surface area contributed by atoms with Crippen molar-refractivity contribution in [3.05, 3.63) is 52.9 Å². The van der Waals surface area contributed by atoms with Gasteiger partial charge in [0.15, 0.2) is 6.21 Å². The molecule has 1 aromatic rings. The molecule has 0 aliphatic rings. The zero-order valence-corrected chi connectivity index (χ0v) is 14.6. The molecule has 1 unspecified atom stereocenters. The van der Waals surface area contributed by atoms with Crippen LogP contribution in [-0.4, -0.2) is 41.3 Å². The second kappa shape index (κ2) is 12.1. The van der Waals surface area contributed by atoms with Crippen LogP contribution in [0.15, 0.2) is 36.9 Å². The quantitative estimate of drug-likeness (QED) is 0.171. The van der Waals surface area contributed by atoms with Crippen molar-refractivity contribution in [3.8, 4) is 5.75 Å². The molecule has 20 heavy (non-hydrogen) atoms. The summed E-state index contributed by atoms with van der Waals surface area (Å²) in [7, 11) is 1.60. The molecule has 0 saturated carbocycles. The van der Waals surface area contributed by atoms with E-state index in [-0.39, 0.29) is 50.9 Å². The smallest absolute Gasteiger partial charge is 1.00 e. The standard InChI is InChI=1S/C14H18NO3.BrH.Mg/c1-3-4-5-6-13(11-15(16)17)12-7-9-14(18-2)10-8-12;;/h3,7-11,13H,1,4-6H2,2H3;1H;/q-1;;+2/p-1. The number of methoxy groups -OCH3 is 1. The van der Waals surface area contributed by atoms with Gasteiger partial charge < -0.3 is 32.1 Å². The van der Waals surface area contributed by atoms with Gasteiger partial charge in [0.1, 0.15) is 5.75 Å². The number of allylic oxidation sites excluding steroid dienone is 1. The average molecular weight is 353 g/mol. The Morgan fingerprint density at radius 3 is 2.35 bits per heavy atom. The minimum Gasteiger partial charge on any atom is -1.00 e. The van der Waals surface area contributed by atoms with E-state index in [9.17, 15) is 10.4 Å². The molecule has 4 nitrogen and oxygen atoms in total. The van der Waals surface area contributed by atoms with Gasteiger partial charge >= 0.3 is 23.1 Å². The zero-order valence-electron chi connectivity index (χ0n) is 11.6. The van der Waals surface area contributed by atoms with E-state index in [0.717, 1.165) is 36.8 Å². The number of halogens is 1. The fraction of sp³-hybridized carbons (Fsp3) is 0.357. The van der Waals surface area contributed by atoms with E-state index in [1.54, 1.807) is 7.11 Å². The predicted molar refractivity (Wildman–Crippen MR) is 78.6 cm³/mol. The Balaban J connectivity index is 0. The molecular formula is C14H18BrMgNO3. The largest absolute Gasteiger partial charge is 2.00 e. The summed E-state index contributed by atoms with van der Waals surface area (Å²) in [5.74, 6) is 0.593. The molecular weight excluding hydrogens is 334 g/mol. The van der Waals surface area contributed by atoms with Gasteiger partial charge in [-0.2, -0.15) is 4.90 Å². The molecule has 0 saturated heterocycles. The summed E-state index contributed by atoms with van der Waals surface area (Å²) in [4.78, 5) is -0.372. The topological polar surface area (TPSA) is 58.4 Å². The molecule has 0 N–H and O–H groups in total. The summed E-state index contributed by atoms with van der Waals surface area (Å²) in [6.07, 6.45) is 5.50. The molecule has 106 valence electrons. The van der Waals surface area contributed by atoms with Crippen molar-refractivity contribution < 1.29 is 26.6 Å². The minimum atomic E-state index is -0.372. The second-order valence-corrected chi connectivity index (χ2v) is 4.03. The average Bonchev–Trinajstić information content (AvgIpc) is 2.37. The first-order valence-electron chi connectivity index (χ1n) is 5.90. The normalized spacial score (nSPS) is 10.4. The Labute approximate surface area is 146 Å². The van der Waals surface area contributed by atoms with Crippen molar-refractivity contribution in [2.24, 2.45) is 0 Å². The third kappa shape index (κ3) is 7.77. The molecule has 0 spiro atoms. The number of unbranched alkanes of at least 4 members (excludes halogenated alkanes) is 1. The fourth-order valence-corrected chi connectivity index (χ4v) is 1.81. The van der Waals surface area contributed by atoms with Crippen LogP contribution in [0.3, 0.4) is 0 Å².